The van der Waals surface area contributed by atoms with Crippen LogP contribution in [0.2, 0.25) is 0 Å². The summed E-state index contributed by atoms with van der Waals surface area (Å²) < 4.78 is 8.95. The Kier molecular flexibility index (Phi) is 5.77. The van der Waals surface area contributed by atoms with Crippen LogP contribution >= 0.6 is 0 Å². The molecule has 0 spiro atoms. The molecule has 0 aromatic rings. The molecule has 0 aliphatic carbocycles. The second-order valence-corrected chi connectivity index (χ2v) is 1.99. The molecule has 0 rings (SSSR count). The van der Waals surface area contributed by atoms with Crippen LogP contribution < -0.4 is 5.32 Å². The number of hydrogen-bond donors (Lipinski definition) is 1. The standard InChI is InChI=1S/C7H13NO4/c1-3-8-7(10)12-5-4-6(9)11-2/h3-5H2,1-2H3,(H,8,10). The second-order valence-electron chi connectivity index (χ2n) is 1.99. The van der Waals surface area contributed by atoms with Gasteiger partial charge >= 0.3 is 12.1 Å². The Morgan fingerprint density at radius 2 is 2.08 bits per heavy atom. The topological polar surface area (TPSA) is 64.6 Å². The third kappa shape index (κ3) is 5.52. The van der Waals surface area contributed by atoms with Gasteiger partial charge in [0.1, 0.15) is 6.61 Å². The molecule has 0 saturated carbocycles. The number of ether oxygens (including phenoxy) is 2. The highest BCUT2D eigenvalue weighted by atomic mass is 16.6. The van der Waals surface area contributed by atoms with Gasteiger partial charge in [-0.3, -0.25) is 4.79 Å². The van der Waals surface area contributed by atoms with E-state index in [1.807, 2.05) is 0 Å². The summed E-state index contributed by atoms with van der Waals surface area (Å²) in [5, 5.41) is 2.42. The van der Waals surface area contributed by atoms with Gasteiger partial charge in [-0.25, -0.2) is 4.79 Å². The van der Waals surface area contributed by atoms with Crippen LogP contribution in [0.5, 0.6) is 0 Å². The van der Waals surface area contributed by atoms with Crippen LogP contribution in [0, 0.1) is 0 Å². The van der Waals surface area contributed by atoms with Crippen molar-refractivity contribution in [1.29, 1.82) is 0 Å². The van der Waals surface area contributed by atoms with Gasteiger partial charge in [0.2, 0.25) is 0 Å². The van der Waals surface area contributed by atoms with Crippen LogP contribution in [-0.2, 0) is 14.3 Å². The Labute approximate surface area is 71.0 Å². The van der Waals surface area contributed by atoms with E-state index in [2.05, 4.69) is 14.8 Å². The molecule has 0 aliphatic rings. The maximum atomic E-state index is 10.6. The van der Waals surface area contributed by atoms with Crippen LogP contribution in [0.1, 0.15) is 13.3 Å². The normalized spacial score (nSPS) is 8.83. The Bertz CT molecular complexity index is 157. The molecule has 0 aromatic carbocycles. The first-order chi connectivity index (χ1) is 5.70. The number of methoxy groups -OCH3 is 1. The molecule has 1 amide bonds. The van der Waals surface area contributed by atoms with Crippen molar-refractivity contribution < 1.29 is 19.1 Å². The van der Waals surface area contributed by atoms with E-state index in [1.165, 1.54) is 7.11 Å². The summed E-state index contributed by atoms with van der Waals surface area (Å²) in [5.74, 6) is -0.390. The number of carbonyl (C=O) groups excluding carboxylic acids is 2. The lowest BCUT2D eigenvalue weighted by Crippen LogP contribution is -2.24. The monoisotopic (exact) mass is 175 g/mol. The number of nitrogens with one attached hydrogen (secondary N) is 1. The largest absolute Gasteiger partial charge is 0.469 e. The second kappa shape index (κ2) is 6.45. The van der Waals surface area contributed by atoms with Gasteiger partial charge in [-0.1, -0.05) is 0 Å². The first-order valence-electron chi connectivity index (χ1n) is 3.68. The van der Waals surface area contributed by atoms with E-state index in [0.717, 1.165) is 0 Å². The molecule has 0 aliphatic heterocycles. The minimum atomic E-state index is -0.513. The molecule has 0 bridgehead atoms. The van der Waals surface area contributed by atoms with Crippen LogP contribution in [0.25, 0.3) is 0 Å². The maximum absolute atomic E-state index is 10.6. The minimum absolute atomic E-state index is 0.0541. The highest BCUT2D eigenvalue weighted by Crippen LogP contribution is 1.86. The zero-order valence-corrected chi connectivity index (χ0v) is 7.25. The number of rotatable bonds is 4. The summed E-state index contributed by atoms with van der Waals surface area (Å²) >= 11 is 0. The van der Waals surface area contributed by atoms with Crippen molar-refractivity contribution in [2.75, 3.05) is 20.3 Å². The number of amides is 1. The molecule has 5 heteroatoms. The number of alkyl carbamates (subject to hydrolysis) is 1. The highest BCUT2D eigenvalue weighted by Gasteiger charge is 2.02. The fourth-order valence-electron chi connectivity index (χ4n) is 0.524. The van der Waals surface area contributed by atoms with E-state index >= 15 is 0 Å². The number of carbonyl (C=O) groups is 2. The van der Waals surface area contributed by atoms with E-state index in [9.17, 15) is 9.59 Å². The summed E-state index contributed by atoms with van der Waals surface area (Å²) in [6.45, 7) is 2.34. The lowest BCUT2D eigenvalue weighted by molar-refractivity contribution is -0.141. The number of esters is 1. The molecule has 0 saturated heterocycles. The van der Waals surface area contributed by atoms with Gasteiger partial charge in [-0.2, -0.15) is 0 Å². The molecule has 0 aromatic heterocycles. The average Bonchev–Trinajstić information content (AvgIpc) is 2.04. The average molecular weight is 175 g/mol. The van der Waals surface area contributed by atoms with E-state index in [-0.39, 0.29) is 19.0 Å². The molecule has 0 unspecified atom stereocenters. The van der Waals surface area contributed by atoms with Gasteiger partial charge in [0, 0.05) is 6.54 Å². The molecular formula is C7H13NO4. The summed E-state index contributed by atoms with van der Waals surface area (Å²) in [4.78, 5) is 21.1. The Morgan fingerprint density at radius 3 is 2.58 bits per heavy atom. The van der Waals surface area contributed by atoms with Gasteiger partial charge in [0.25, 0.3) is 0 Å². The van der Waals surface area contributed by atoms with E-state index in [1.54, 1.807) is 6.92 Å². The predicted molar refractivity (Wildman–Crippen MR) is 41.7 cm³/mol. The molecule has 12 heavy (non-hydrogen) atoms. The third-order valence-electron chi connectivity index (χ3n) is 1.09. The van der Waals surface area contributed by atoms with Crippen LogP contribution in [0.15, 0.2) is 0 Å². The molecule has 70 valence electrons. The fraction of sp³-hybridized carbons (Fsp3) is 0.714. The lowest BCUT2D eigenvalue weighted by atomic mass is 10.5. The molecule has 0 atom stereocenters. The zero-order chi connectivity index (χ0) is 9.40. The highest BCUT2D eigenvalue weighted by molar-refractivity contribution is 5.70. The van der Waals surface area contributed by atoms with Gasteiger partial charge in [-0.05, 0) is 6.92 Å². The molecule has 0 fully saturated rings. The molecule has 0 heterocycles. The maximum Gasteiger partial charge on any atom is 0.407 e. The van der Waals surface area contributed by atoms with Crippen molar-refractivity contribution in [1.82, 2.24) is 5.32 Å². The summed E-state index contributed by atoms with van der Waals surface area (Å²) in [5.41, 5.74) is 0. The molecular weight excluding hydrogens is 162 g/mol. The zero-order valence-electron chi connectivity index (χ0n) is 7.25. The van der Waals surface area contributed by atoms with Crippen molar-refractivity contribution in [2.24, 2.45) is 0 Å². The van der Waals surface area contributed by atoms with Crippen molar-refractivity contribution in [2.45, 2.75) is 13.3 Å². The van der Waals surface area contributed by atoms with Gasteiger partial charge < -0.3 is 14.8 Å². The van der Waals surface area contributed by atoms with Crippen molar-refractivity contribution in [3.8, 4) is 0 Å². The van der Waals surface area contributed by atoms with Crippen LogP contribution in [-0.4, -0.2) is 32.3 Å². The Morgan fingerprint density at radius 1 is 1.42 bits per heavy atom. The summed E-state index contributed by atoms with van der Waals surface area (Å²) in [6.07, 6.45) is -0.422. The SMILES string of the molecule is CCNC(=O)OCCC(=O)OC. The molecule has 0 radical (unpaired) electrons. The Balaban J connectivity index is 3.30. The Hall–Kier alpha value is -1.26. The first kappa shape index (κ1) is 10.7. The predicted octanol–water partition coefficient (Wildman–Crippen LogP) is 0.296. The quantitative estimate of drug-likeness (QED) is 0.624. The van der Waals surface area contributed by atoms with Crippen molar-refractivity contribution in [3.05, 3.63) is 0 Å². The smallest absolute Gasteiger partial charge is 0.407 e. The van der Waals surface area contributed by atoms with Crippen molar-refractivity contribution in [3.63, 3.8) is 0 Å². The van der Waals surface area contributed by atoms with Crippen LogP contribution in [0.3, 0.4) is 0 Å². The van der Waals surface area contributed by atoms with Crippen LogP contribution in [0.4, 0.5) is 4.79 Å². The van der Waals surface area contributed by atoms with E-state index in [4.69, 9.17) is 0 Å². The number of hydrogen-bond acceptors (Lipinski definition) is 4. The molecule has 1 N–H and O–H groups in total. The van der Waals surface area contributed by atoms with Gasteiger partial charge in [0.05, 0.1) is 13.5 Å². The minimum Gasteiger partial charge on any atom is -0.469 e. The fourth-order valence-corrected chi connectivity index (χ4v) is 0.524. The molecule has 5 nitrogen and oxygen atoms in total. The van der Waals surface area contributed by atoms with E-state index < -0.39 is 6.09 Å². The summed E-state index contributed by atoms with van der Waals surface area (Å²) in [6, 6.07) is 0. The lowest BCUT2D eigenvalue weighted by Gasteiger charge is -2.03. The summed E-state index contributed by atoms with van der Waals surface area (Å²) in [7, 11) is 1.29. The third-order valence-corrected chi connectivity index (χ3v) is 1.09. The first-order valence-corrected chi connectivity index (χ1v) is 3.68. The van der Waals surface area contributed by atoms with E-state index in [0.29, 0.717) is 6.54 Å². The van der Waals surface area contributed by atoms with Gasteiger partial charge in [0.15, 0.2) is 0 Å². The van der Waals surface area contributed by atoms with Crippen molar-refractivity contribution >= 4 is 12.1 Å². The van der Waals surface area contributed by atoms with Gasteiger partial charge in [-0.15, -0.1) is 0 Å².